The second-order valence-electron chi connectivity index (χ2n) is 7.10. The van der Waals surface area contributed by atoms with Crippen molar-refractivity contribution in [3.05, 3.63) is 64.7 Å². The van der Waals surface area contributed by atoms with Gasteiger partial charge in [0.2, 0.25) is 5.91 Å². The van der Waals surface area contributed by atoms with E-state index in [4.69, 9.17) is 18.0 Å². The molecule has 3 rings (SSSR count). The van der Waals surface area contributed by atoms with Crippen LogP contribution in [0.15, 0.2) is 48.5 Å². The van der Waals surface area contributed by atoms with Crippen LogP contribution < -0.4 is 5.32 Å². The monoisotopic (exact) mass is 444 g/mol. The molecule has 1 unspecified atom stereocenters. The van der Waals surface area contributed by atoms with Gasteiger partial charge in [-0.1, -0.05) is 47.9 Å². The summed E-state index contributed by atoms with van der Waals surface area (Å²) < 4.78 is 23.6. The van der Waals surface area contributed by atoms with E-state index in [2.05, 4.69) is 11.2 Å². The molecule has 1 aliphatic rings. The number of carbonyl (C=O) groups excluding carboxylic acids is 2. The van der Waals surface area contributed by atoms with E-state index in [0.29, 0.717) is 22.7 Å². The molecular formula is C22H21ClN2O4S. The van der Waals surface area contributed by atoms with Crippen LogP contribution in [0.1, 0.15) is 22.3 Å². The van der Waals surface area contributed by atoms with E-state index in [1.807, 2.05) is 0 Å². The van der Waals surface area contributed by atoms with Gasteiger partial charge in [-0.3, -0.25) is 14.5 Å². The van der Waals surface area contributed by atoms with Crippen molar-refractivity contribution in [2.75, 3.05) is 29.9 Å². The maximum Gasteiger partial charge on any atom is 0.238 e. The van der Waals surface area contributed by atoms with Crippen molar-refractivity contribution in [1.82, 2.24) is 4.90 Å². The Morgan fingerprint density at radius 2 is 1.93 bits per heavy atom. The van der Waals surface area contributed by atoms with Crippen molar-refractivity contribution in [2.24, 2.45) is 0 Å². The fraction of sp³-hybridized carbons (Fsp3) is 0.273. The summed E-state index contributed by atoms with van der Waals surface area (Å²) in [6, 6.07) is 13.0. The Hall–Kier alpha value is -2.66. The van der Waals surface area contributed by atoms with Crippen LogP contribution in [0.25, 0.3) is 0 Å². The van der Waals surface area contributed by atoms with Crippen LogP contribution >= 0.6 is 11.6 Å². The summed E-state index contributed by atoms with van der Waals surface area (Å²) in [5.74, 6) is 1.90. The van der Waals surface area contributed by atoms with Crippen molar-refractivity contribution in [3.8, 4) is 12.3 Å². The predicted molar refractivity (Wildman–Crippen MR) is 117 cm³/mol. The van der Waals surface area contributed by atoms with Gasteiger partial charge < -0.3 is 5.32 Å². The van der Waals surface area contributed by atoms with Crippen LogP contribution in [0.2, 0.25) is 5.02 Å². The minimum atomic E-state index is -3.11. The number of terminal acetylenes is 1. The molecule has 2 aromatic rings. The first-order chi connectivity index (χ1) is 14.3. The quantitative estimate of drug-likeness (QED) is 0.524. The van der Waals surface area contributed by atoms with Crippen LogP contribution in [0.4, 0.5) is 5.69 Å². The summed E-state index contributed by atoms with van der Waals surface area (Å²) in [4.78, 5) is 27.3. The van der Waals surface area contributed by atoms with Gasteiger partial charge >= 0.3 is 0 Å². The average Bonchev–Trinajstić information content (AvgIpc) is 3.09. The molecule has 0 spiro atoms. The van der Waals surface area contributed by atoms with Gasteiger partial charge in [-0.2, -0.15) is 0 Å². The average molecular weight is 445 g/mol. The molecule has 1 atom stereocenters. The third kappa shape index (κ3) is 5.48. The predicted octanol–water partition coefficient (Wildman–Crippen LogP) is 2.63. The molecule has 156 valence electrons. The van der Waals surface area contributed by atoms with Gasteiger partial charge in [-0.15, -0.1) is 6.42 Å². The fourth-order valence-electron chi connectivity index (χ4n) is 3.43. The minimum absolute atomic E-state index is 0.0132. The number of hydrogen-bond donors (Lipinski definition) is 1. The standard InChI is InChI=1S/C22H21ClN2O4S/c1-2-11-25(18-10-12-30(28,29)15-18)14-21(26)24-20-9-8-17(23)13-19(20)22(27)16-6-4-3-5-7-16/h1,3-9,13,18H,10-12,14-15H2,(H,24,26). The lowest BCUT2D eigenvalue weighted by atomic mass is 10.0. The zero-order valence-electron chi connectivity index (χ0n) is 16.2. The highest BCUT2D eigenvalue weighted by Gasteiger charge is 2.32. The SMILES string of the molecule is C#CCN(CC(=O)Nc1ccc(Cl)cc1C(=O)c1ccccc1)C1CCS(=O)(=O)C1. The van der Waals surface area contributed by atoms with Crippen LogP contribution in [-0.2, 0) is 14.6 Å². The van der Waals surface area contributed by atoms with Gasteiger partial charge in [0.15, 0.2) is 15.6 Å². The molecule has 0 aromatic heterocycles. The van der Waals surface area contributed by atoms with Crippen molar-refractivity contribution < 1.29 is 18.0 Å². The van der Waals surface area contributed by atoms with Crippen LogP contribution in [0.5, 0.6) is 0 Å². The lowest BCUT2D eigenvalue weighted by molar-refractivity contribution is -0.117. The van der Waals surface area contributed by atoms with Crippen LogP contribution in [0, 0.1) is 12.3 Å². The lowest BCUT2D eigenvalue weighted by Gasteiger charge is -2.25. The number of nitrogens with zero attached hydrogens (tertiary/aromatic N) is 1. The fourth-order valence-corrected chi connectivity index (χ4v) is 5.36. The van der Waals surface area contributed by atoms with Crippen molar-refractivity contribution in [3.63, 3.8) is 0 Å². The number of carbonyl (C=O) groups is 2. The molecule has 1 aliphatic heterocycles. The first-order valence-corrected chi connectivity index (χ1v) is 11.6. The number of anilines is 1. The zero-order valence-corrected chi connectivity index (χ0v) is 17.7. The summed E-state index contributed by atoms with van der Waals surface area (Å²) in [6.45, 7) is 0.0794. The highest BCUT2D eigenvalue weighted by molar-refractivity contribution is 7.91. The molecule has 0 saturated carbocycles. The molecule has 1 saturated heterocycles. The molecule has 8 heteroatoms. The Labute approximate surface area is 181 Å². The van der Waals surface area contributed by atoms with Crippen LogP contribution in [-0.4, -0.2) is 55.6 Å². The Morgan fingerprint density at radius 1 is 1.20 bits per heavy atom. The van der Waals surface area contributed by atoms with Gasteiger partial charge in [0, 0.05) is 22.2 Å². The second-order valence-corrected chi connectivity index (χ2v) is 9.76. The van der Waals surface area contributed by atoms with Gasteiger partial charge in [0.05, 0.1) is 30.3 Å². The molecule has 0 radical (unpaired) electrons. The Balaban J connectivity index is 1.78. The number of benzene rings is 2. The smallest absolute Gasteiger partial charge is 0.238 e. The normalized spacial score (nSPS) is 17.4. The number of amides is 1. The van der Waals surface area contributed by atoms with Crippen molar-refractivity contribution >= 4 is 38.8 Å². The van der Waals surface area contributed by atoms with E-state index in [1.54, 1.807) is 47.4 Å². The maximum atomic E-state index is 12.9. The highest BCUT2D eigenvalue weighted by Crippen LogP contribution is 2.24. The summed E-state index contributed by atoms with van der Waals surface area (Å²) in [5.41, 5.74) is 1.08. The van der Waals surface area contributed by atoms with E-state index in [0.717, 1.165) is 0 Å². The molecule has 30 heavy (non-hydrogen) atoms. The molecular weight excluding hydrogens is 424 g/mol. The maximum absolute atomic E-state index is 12.9. The summed E-state index contributed by atoms with van der Waals surface area (Å²) in [5, 5.41) is 3.12. The highest BCUT2D eigenvalue weighted by atomic mass is 35.5. The number of hydrogen-bond acceptors (Lipinski definition) is 5. The van der Waals surface area contributed by atoms with E-state index >= 15 is 0 Å². The van der Waals surface area contributed by atoms with E-state index in [1.165, 1.54) is 6.07 Å². The minimum Gasteiger partial charge on any atom is -0.324 e. The summed E-state index contributed by atoms with van der Waals surface area (Å²) in [7, 11) is -3.11. The molecule has 2 aromatic carbocycles. The molecule has 1 heterocycles. The van der Waals surface area contributed by atoms with Gasteiger partial charge in [0.25, 0.3) is 0 Å². The Morgan fingerprint density at radius 3 is 2.57 bits per heavy atom. The number of sulfone groups is 1. The first kappa shape index (κ1) is 22.0. The number of rotatable bonds is 7. The number of ketones is 1. The van der Waals surface area contributed by atoms with Crippen molar-refractivity contribution in [2.45, 2.75) is 12.5 Å². The molecule has 1 N–H and O–H groups in total. The summed E-state index contributed by atoms with van der Waals surface area (Å²) >= 11 is 6.07. The second kappa shape index (κ2) is 9.43. The van der Waals surface area contributed by atoms with Gasteiger partial charge in [0.1, 0.15) is 0 Å². The third-order valence-electron chi connectivity index (χ3n) is 4.90. The summed E-state index contributed by atoms with van der Waals surface area (Å²) in [6.07, 6.45) is 5.85. The van der Waals surface area contributed by atoms with Gasteiger partial charge in [-0.25, -0.2) is 8.42 Å². The topological polar surface area (TPSA) is 83.6 Å². The number of halogens is 1. The molecule has 0 bridgehead atoms. The molecule has 1 amide bonds. The van der Waals surface area contributed by atoms with Crippen molar-refractivity contribution in [1.29, 1.82) is 0 Å². The van der Waals surface area contributed by atoms with E-state index < -0.39 is 9.84 Å². The van der Waals surface area contributed by atoms with Gasteiger partial charge in [-0.05, 0) is 24.6 Å². The largest absolute Gasteiger partial charge is 0.324 e. The molecule has 6 nitrogen and oxygen atoms in total. The third-order valence-corrected chi connectivity index (χ3v) is 6.89. The Kier molecular flexibility index (Phi) is 6.93. The zero-order chi connectivity index (χ0) is 21.7. The van der Waals surface area contributed by atoms with E-state index in [9.17, 15) is 18.0 Å². The molecule has 0 aliphatic carbocycles. The lowest BCUT2D eigenvalue weighted by Crippen LogP contribution is -2.42. The number of nitrogens with one attached hydrogen (secondary N) is 1. The Bertz CT molecular complexity index is 1090. The first-order valence-electron chi connectivity index (χ1n) is 9.36. The van der Waals surface area contributed by atoms with E-state index in [-0.39, 0.29) is 47.9 Å². The van der Waals surface area contributed by atoms with Crippen LogP contribution in [0.3, 0.4) is 0 Å². The molecule has 1 fully saturated rings.